The van der Waals surface area contributed by atoms with Crippen molar-refractivity contribution in [3.05, 3.63) is 0 Å². The normalized spacial score (nSPS) is 8.13. The molecule has 0 heterocycles. The van der Waals surface area contributed by atoms with Gasteiger partial charge in [-0.15, -0.1) is 0 Å². The molecule has 0 saturated heterocycles. The smallest absolute Gasteiger partial charge is 0.216 e. The quantitative estimate of drug-likeness (QED) is 0.645. The molecule has 0 spiro atoms. The Morgan fingerprint density at radius 2 is 1.40 bits per heavy atom. The van der Waals surface area contributed by atoms with E-state index in [0.717, 1.165) is 6.61 Å². The highest BCUT2D eigenvalue weighted by Gasteiger charge is 1.73. The summed E-state index contributed by atoms with van der Waals surface area (Å²) in [5, 5.41) is 4.78. The van der Waals surface area contributed by atoms with Crippen molar-refractivity contribution in [1.82, 2.24) is 10.6 Å². The maximum absolute atomic E-state index is 9.70. The average Bonchev–Trinajstić information content (AvgIpc) is 2.20. The number of carbonyl (C=O) groups is 2. The summed E-state index contributed by atoms with van der Waals surface area (Å²) in [6.07, 6.45) is 0. The van der Waals surface area contributed by atoms with E-state index in [4.69, 9.17) is 4.43 Å². The molecule has 0 unspecified atom stereocenters. The van der Waals surface area contributed by atoms with Crippen LogP contribution in [0, 0.1) is 0 Å². The first kappa shape index (κ1) is 19.7. The van der Waals surface area contributed by atoms with Crippen LogP contribution in [0.5, 0.6) is 0 Å². The standard InChI is InChI=1S/2C3H7NO.C3H10OSi/c2*1-3(5)4-2;1-3-4-5-2/h2*1-2H3,(H,4,5);3,5H2,1-2H3. The van der Waals surface area contributed by atoms with E-state index in [-0.39, 0.29) is 21.6 Å². The van der Waals surface area contributed by atoms with Gasteiger partial charge in [-0.05, 0) is 6.92 Å². The Kier molecular flexibility index (Phi) is 24.7. The SMILES string of the molecule is CCO[SiH2]C.CNC(C)=O.CNC(C)=O. The minimum Gasteiger partial charge on any atom is -0.425 e. The van der Waals surface area contributed by atoms with Crippen LogP contribution in [0.15, 0.2) is 0 Å². The van der Waals surface area contributed by atoms with Crippen LogP contribution >= 0.6 is 0 Å². The van der Waals surface area contributed by atoms with E-state index in [0.29, 0.717) is 0 Å². The first-order chi connectivity index (χ1) is 6.95. The molecule has 0 aliphatic carbocycles. The molecule has 6 heteroatoms. The van der Waals surface area contributed by atoms with E-state index >= 15 is 0 Å². The van der Waals surface area contributed by atoms with Crippen molar-refractivity contribution < 1.29 is 14.0 Å². The molecule has 92 valence electrons. The lowest BCUT2D eigenvalue weighted by Gasteiger charge is -1.86. The van der Waals surface area contributed by atoms with Gasteiger partial charge in [0.25, 0.3) is 0 Å². The Hall–Kier alpha value is -0.883. The van der Waals surface area contributed by atoms with Crippen molar-refractivity contribution in [1.29, 1.82) is 0 Å². The summed E-state index contributed by atoms with van der Waals surface area (Å²) in [7, 11) is 3.11. The molecule has 0 aromatic heterocycles. The Labute approximate surface area is 94.9 Å². The fraction of sp³-hybridized carbons (Fsp3) is 0.778. The number of hydrogen-bond donors (Lipinski definition) is 2. The second-order valence-corrected chi connectivity index (χ2v) is 3.38. The summed E-state index contributed by atoms with van der Waals surface area (Å²) in [5.41, 5.74) is 0. The van der Waals surface area contributed by atoms with Crippen molar-refractivity contribution in [2.24, 2.45) is 0 Å². The van der Waals surface area contributed by atoms with Crippen LogP contribution in [-0.4, -0.2) is 42.3 Å². The first-order valence-electron chi connectivity index (χ1n) is 4.90. The van der Waals surface area contributed by atoms with Crippen LogP contribution in [0.4, 0.5) is 0 Å². The summed E-state index contributed by atoms with van der Waals surface area (Å²) in [6, 6.07) is 0. The molecule has 2 N–H and O–H groups in total. The molecule has 0 aromatic rings. The summed E-state index contributed by atoms with van der Waals surface area (Å²) in [5.74, 6) is 0.00926. The Balaban J connectivity index is -0.000000144. The summed E-state index contributed by atoms with van der Waals surface area (Å²) in [4.78, 5) is 19.4. The van der Waals surface area contributed by atoms with Crippen molar-refractivity contribution in [2.75, 3.05) is 20.7 Å². The molecular formula is C9H24N2O3Si. The molecule has 0 saturated carbocycles. The van der Waals surface area contributed by atoms with E-state index in [1.54, 1.807) is 14.1 Å². The van der Waals surface area contributed by atoms with Crippen molar-refractivity contribution in [2.45, 2.75) is 27.3 Å². The second-order valence-electron chi connectivity index (χ2n) is 2.39. The van der Waals surface area contributed by atoms with E-state index < -0.39 is 0 Å². The molecule has 0 radical (unpaired) electrons. The third-order valence-corrected chi connectivity index (χ3v) is 1.93. The van der Waals surface area contributed by atoms with Gasteiger partial charge in [-0.1, -0.05) is 6.55 Å². The maximum atomic E-state index is 9.70. The van der Waals surface area contributed by atoms with Crippen molar-refractivity contribution in [3.8, 4) is 0 Å². The number of hydrogen-bond acceptors (Lipinski definition) is 3. The molecule has 2 amide bonds. The zero-order chi connectivity index (χ0) is 12.7. The van der Waals surface area contributed by atoms with Crippen LogP contribution in [0.3, 0.4) is 0 Å². The van der Waals surface area contributed by atoms with Gasteiger partial charge in [-0.3, -0.25) is 9.59 Å². The van der Waals surface area contributed by atoms with E-state index in [2.05, 4.69) is 17.2 Å². The minimum absolute atomic E-state index is 0.00463. The zero-order valence-corrected chi connectivity index (χ0v) is 12.1. The molecule has 0 fully saturated rings. The Morgan fingerprint density at radius 3 is 1.40 bits per heavy atom. The molecule has 0 rings (SSSR count). The number of amides is 2. The lowest BCUT2D eigenvalue weighted by Crippen LogP contribution is -2.11. The fourth-order valence-corrected chi connectivity index (χ4v) is 0.612. The number of carbonyl (C=O) groups excluding carboxylic acids is 2. The lowest BCUT2D eigenvalue weighted by atomic mass is 10.7. The zero-order valence-electron chi connectivity index (χ0n) is 10.6. The van der Waals surface area contributed by atoms with Crippen LogP contribution in [-0.2, 0) is 14.0 Å². The van der Waals surface area contributed by atoms with Crippen LogP contribution in [0.25, 0.3) is 0 Å². The van der Waals surface area contributed by atoms with Gasteiger partial charge in [0.05, 0.1) is 0 Å². The molecule has 5 nitrogen and oxygen atoms in total. The number of nitrogens with one attached hydrogen (secondary N) is 2. The van der Waals surface area contributed by atoms with Gasteiger partial charge in [0.15, 0.2) is 9.76 Å². The summed E-state index contributed by atoms with van der Waals surface area (Å²) < 4.78 is 4.97. The maximum Gasteiger partial charge on any atom is 0.216 e. The molecule has 0 bridgehead atoms. The third kappa shape index (κ3) is 61.9. The van der Waals surface area contributed by atoms with Crippen molar-refractivity contribution >= 4 is 21.6 Å². The van der Waals surface area contributed by atoms with Gasteiger partial charge in [0.1, 0.15) is 0 Å². The molecule has 0 aliphatic rings. The van der Waals surface area contributed by atoms with Crippen LogP contribution in [0.2, 0.25) is 6.55 Å². The second kappa shape index (κ2) is 18.8. The van der Waals surface area contributed by atoms with Gasteiger partial charge in [0.2, 0.25) is 11.8 Å². The fourth-order valence-electron chi connectivity index (χ4n) is 0.204. The van der Waals surface area contributed by atoms with Gasteiger partial charge in [0, 0.05) is 34.5 Å². The minimum atomic E-state index is -0.0860. The van der Waals surface area contributed by atoms with E-state index in [9.17, 15) is 9.59 Å². The molecular weight excluding hydrogens is 212 g/mol. The summed E-state index contributed by atoms with van der Waals surface area (Å²) in [6.45, 7) is 8.00. The predicted octanol–water partition coefficient (Wildman–Crippen LogP) is -0.341. The third-order valence-electron chi connectivity index (χ3n) is 1.11. The highest BCUT2D eigenvalue weighted by atomic mass is 28.2. The predicted molar refractivity (Wildman–Crippen MR) is 65.5 cm³/mol. The van der Waals surface area contributed by atoms with Gasteiger partial charge >= 0.3 is 0 Å². The monoisotopic (exact) mass is 236 g/mol. The molecule has 0 aliphatic heterocycles. The van der Waals surface area contributed by atoms with E-state index in [1.165, 1.54) is 13.8 Å². The van der Waals surface area contributed by atoms with Gasteiger partial charge in [-0.2, -0.15) is 0 Å². The molecule has 0 atom stereocenters. The van der Waals surface area contributed by atoms with Gasteiger partial charge in [-0.25, -0.2) is 0 Å². The van der Waals surface area contributed by atoms with Crippen LogP contribution < -0.4 is 10.6 Å². The highest BCUT2D eigenvalue weighted by Crippen LogP contribution is 1.61. The number of rotatable bonds is 2. The van der Waals surface area contributed by atoms with Gasteiger partial charge < -0.3 is 15.1 Å². The Bertz CT molecular complexity index is 138. The van der Waals surface area contributed by atoms with Crippen LogP contribution in [0.1, 0.15) is 20.8 Å². The first-order valence-corrected chi connectivity index (χ1v) is 6.89. The van der Waals surface area contributed by atoms with Crippen molar-refractivity contribution in [3.63, 3.8) is 0 Å². The lowest BCUT2D eigenvalue weighted by molar-refractivity contribution is -0.119. The Morgan fingerprint density at radius 1 is 1.13 bits per heavy atom. The summed E-state index contributed by atoms with van der Waals surface area (Å²) >= 11 is 0. The molecule has 15 heavy (non-hydrogen) atoms. The highest BCUT2D eigenvalue weighted by molar-refractivity contribution is 6.24. The topological polar surface area (TPSA) is 67.4 Å². The largest absolute Gasteiger partial charge is 0.425 e. The van der Waals surface area contributed by atoms with E-state index in [1.807, 2.05) is 6.92 Å². The molecule has 0 aromatic carbocycles. The average molecular weight is 236 g/mol.